The summed E-state index contributed by atoms with van der Waals surface area (Å²) in [6.07, 6.45) is 5.85. The Kier molecular flexibility index (Phi) is 3.60. The summed E-state index contributed by atoms with van der Waals surface area (Å²) < 4.78 is 5.88. The van der Waals surface area contributed by atoms with Gasteiger partial charge < -0.3 is 10.1 Å². The van der Waals surface area contributed by atoms with Crippen molar-refractivity contribution in [1.29, 1.82) is 0 Å². The molecule has 1 heterocycles. The highest BCUT2D eigenvalue weighted by atomic mass is 16.5. The van der Waals surface area contributed by atoms with E-state index in [2.05, 4.69) is 66.9 Å². The van der Waals surface area contributed by atoms with Gasteiger partial charge in [-0.1, -0.05) is 48.6 Å². The minimum Gasteiger partial charge on any atom is -0.492 e. The predicted octanol–water partition coefficient (Wildman–Crippen LogP) is 5.22. The van der Waals surface area contributed by atoms with E-state index in [-0.39, 0.29) is 0 Å². The average molecular weight is 305 g/mol. The van der Waals surface area contributed by atoms with Crippen LogP contribution in [0.2, 0.25) is 0 Å². The third kappa shape index (κ3) is 2.33. The fourth-order valence-corrected chi connectivity index (χ4v) is 4.11. The third-order valence-corrected chi connectivity index (χ3v) is 5.18. The zero-order chi connectivity index (χ0) is 15.8. The van der Waals surface area contributed by atoms with Crippen LogP contribution in [0.25, 0.3) is 0 Å². The molecule has 2 aromatic carbocycles. The topological polar surface area (TPSA) is 21.3 Å². The number of hydrogen-bond donors (Lipinski definition) is 1. The second-order valence-corrected chi connectivity index (χ2v) is 6.49. The molecule has 1 aliphatic heterocycles. The van der Waals surface area contributed by atoms with Crippen LogP contribution in [0.3, 0.4) is 0 Å². The Balaban J connectivity index is 1.82. The highest BCUT2D eigenvalue weighted by molar-refractivity contribution is 5.67. The molecule has 3 unspecified atom stereocenters. The normalized spacial score (nSPS) is 24.7. The van der Waals surface area contributed by atoms with Gasteiger partial charge in [-0.3, -0.25) is 0 Å². The quantitative estimate of drug-likeness (QED) is 0.785. The highest BCUT2D eigenvalue weighted by Gasteiger charge is 2.39. The first kappa shape index (κ1) is 14.4. The number of anilines is 1. The summed E-state index contributed by atoms with van der Waals surface area (Å²) in [7, 11) is 0. The molecule has 0 saturated carbocycles. The monoisotopic (exact) mass is 305 g/mol. The van der Waals surface area contributed by atoms with Crippen molar-refractivity contribution in [1.82, 2.24) is 0 Å². The van der Waals surface area contributed by atoms with Crippen molar-refractivity contribution in [2.75, 3.05) is 11.9 Å². The van der Waals surface area contributed by atoms with E-state index in [9.17, 15) is 0 Å². The first-order chi connectivity index (χ1) is 11.3. The van der Waals surface area contributed by atoms with Crippen molar-refractivity contribution >= 4 is 5.69 Å². The number of rotatable bonds is 3. The van der Waals surface area contributed by atoms with Crippen LogP contribution in [0.5, 0.6) is 5.75 Å². The molecule has 0 saturated heterocycles. The van der Waals surface area contributed by atoms with Gasteiger partial charge in [-0.05, 0) is 48.9 Å². The smallest absolute Gasteiger partial charge is 0.142 e. The first-order valence-corrected chi connectivity index (χ1v) is 8.54. The van der Waals surface area contributed by atoms with Gasteiger partial charge in [-0.25, -0.2) is 0 Å². The third-order valence-electron chi connectivity index (χ3n) is 5.18. The first-order valence-electron chi connectivity index (χ1n) is 8.54. The van der Waals surface area contributed by atoms with Crippen LogP contribution in [0.1, 0.15) is 42.0 Å². The number of aryl methyl sites for hydroxylation is 1. The van der Waals surface area contributed by atoms with Gasteiger partial charge in [-0.15, -0.1) is 0 Å². The number of nitrogens with one attached hydrogen (secondary N) is 1. The van der Waals surface area contributed by atoms with Crippen LogP contribution in [-0.4, -0.2) is 6.61 Å². The van der Waals surface area contributed by atoms with E-state index in [0.717, 1.165) is 12.2 Å². The van der Waals surface area contributed by atoms with E-state index in [1.165, 1.54) is 22.4 Å². The van der Waals surface area contributed by atoms with Crippen LogP contribution in [-0.2, 0) is 0 Å². The summed E-state index contributed by atoms with van der Waals surface area (Å²) in [5, 5.41) is 3.81. The summed E-state index contributed by atoms with van der Waals surface area (Å²) >= 11 is 0. The summed E-state index contributed by atoms with van der Waals surface area (Å²) in [5.41, 5.74) is 5.31. The minimum absolute atomic E-state index is 0.338. The van der Waals surface area contributed by atoms with E-state index in [1.54, 1.807) is 0 Å². The second-order valence-electron chi connectivity index (χ2n) is 6.49. The Labute approximate surface area is 138 Å². The molecule has 0 bridgehead atoms. The van der Waals surface area contributed by atoms with Crippen molar-refractivity contribution in [2.24, 2.45) is 5.92 Å². The van der Waals surface area contributed by atoms with Crippen molar-refractivity contribution in [3.63, 3.8) is 0 Å². The molecule has 0 aromatic heterocycles. The SMILES string of the molecule is CCOc1cccc2c1NC(c1ccccc1C)C1CC=CC21. The number of hydrogen-bond acceptors (Lipinski definition) is 2. The molecule has 4 rings (SSSR count). The van der Waals surface area contributed by atoms with Gasteiger partial charge in [0, 0.05) is 5.92 Å². The lowest BCUT2D eigenvalue weighted by molar-refractivity contribution is 0.337. The molecule has 0 amide bonds. The lowest BCUT2D eigenvalue weighted by atomic mass is 9.76. The van der Waals surface area contributed by atoms with Gasteiger partial charge in [0.15, 0.2) is 0 Å². The molecule has 0 fully saturated rings. The maximum Gasteiger partial charge on any atom is 0.142 e. The molecule has 2 nitrogen and oxygen atoms in total. The zero-order valence-corrected chi connectivity index (χ0v) is 13.8. The molecule has 118 valence electrons. The lowest BCUT2D eigenvalue weighted by Gasteiger charge is -2.38. The fourth-order valence-electron chi connectivity index (χ4n) is 4.11. The molecule has 1 aliphatic carbocycles. The summed E-state index contributed by atoms with van der Waals surface area (Å²) in [4.78, 5) is 0. The van der Waals surface area contributed by atoms with Crippen molar-refractivity contribution < 1.29 is 4.74 Å². The zero-order valence-electron chi connectivity index (χ0n) is 13.8. The lowest BCUT2D eigenvalue weighted by Crippen LogP contribution is -2.29. The average Bonchev–Trinajstić information content (AvgIpc) is 3.05. The van der Waals surface area contributed by atoms with E-state index in [0.29, 0.717) is 24.5 Å². The number of ether oxygens (including phenoxy) is 1. The van der Waals surface area contributed by atoms with Gasteiger partial charge in [-0.2, -0.15) is 0 Å². The molecular formula is C21H23NO. The van der Waals surface area contributed by atoms with Crippen molar-refractivity contribution in [3.8, 4) is 5.75 Å². The van der Waals surface area contributed by atoms with Crippen molar-refractivity contribution in [2.45, 2.75) is 32.2 Å². The molecule has 0 spiro atoms. The Morgan fingerprint density at radius 1 is 1.09 bits per heavy atom. The predicted molar refractivity (Wildman–Crippen MR) is 95.1 cm³/mol. The minimum atomic E-state index is 0.338. The number of para-hydroxylation sites is 1. The van der Waals surface area contributed by atoms with Gasteiger partial charge in [0.2, 0.25) is 0 Å². The number of allylic oxidation sites excluding steroid dienone is 2. The molecular weight excluding hydrogens is 282 g/mol. The second kappa shape index (κ2) is 5.77. The van der Waals surface area contributed by atoms with E-state index < -0.39 is 0 Å². The Morgan fingerprint density at radius 2 is 1.91 bits per heavy atom. The molecule has 1 N–H and O–H groups in total. The van der Waals surface area contributed by atoms with Crippen LogP contribution in [0, 0.1) is 12.8 Å². The maximum absolute atomic E-state index is 5.88. The Hall–Kier alpha value is -2.22. The maximum atomic E-state index is 5.88. The van der Waals surface area contributed by atoms with Crippen LogP contribution in [0.4, 0.5) is 5.69 Å². The fraction of sp³-hybridized carbons (Fsp3) is 0.333. The van der Waals surface area contributed by atoms with Gasteiger partial charge in [0.05, 0.1) is 18.3 Å². The summed E-state index contributed by atoms with van der Waals surface area (Å²) in [5.74, 6) is 2.04. The highest BCUT2D eigenvalue weighted by Crippen LogP contribution is 2.52. The number of fused-ring (bicyclic) bond motifs is 3. The Bertz CT molecular complexity index is 749. The van der Waals surface area contributed by atoms with Crippen LogP contribution in [0.15, 0.2) is 54.6 Å². The van der Waals surface area contributed by atoms with Crippen molar-refractivity contribution in [3.05, 3.63) is 71.3 Å². The van der Waals surface area contributed by atoms with Gasteiger partial charge in [0.25, 0.3) is 0 Å². The summed E-state index contributed by atoms with van der Waals surface area (Å²) in [6.45, 7) is 4.94. The number of benzene rings is 2. The van der Waals surface area contributed by atoms with Gasteiger partial charge >= 0.3 is 0 Å². The van der Waals surface area contributed by atoms with Crippen LogP contribution >= 0.6 is 0 Å². The van der Waals surface area contributed by atoms with E-state index >= 15 is 0 Å². The molecule has 2 aromatic rings. The Morgan fingerprint density at radius 3 is 2.74 bits per heavy atom. The standard InChI is InChI=1S/C21H23NO/c1-3-23-19-13-7-12-18-16-10-6-11-17(16)20(22-21(18)19)15-9-5-4-8-14(15)2/h4-10,12-13,16-17,20,22H,3,11H2,1-2H3. The molecule has 23 heavy (non-hydrogen) atoms. The molecule has 2 heteroatoms. The van der Waals surface area contributed by atoms with Crippen LogP contribution < -0.4 is 10.1 Å². The van der Waals surface area contributed by atoms with E-state index in [4.69, 9.17) is 4.74 Å². The summed E-state index contributed by atoms with van der Waals surface area (Å²) in [6, 6.07) is 15.5. The van der Waals surface area contributed by atoms with E-state index in [1.807, 2.05) is 6.92 Å². The molecule has 0 radical (unpaired) electrons. The largest absolute Gasteiger partial charge is 0.492 e. The molecule has 3 atom stereocenters. The van der Waals surface area contributed by atoms with Gasteiger partial charge in [0.1, 0.15) is 5.75 Å². The molecule has 2 aliphatic rings.